The second-order valence-electron chi connectivity index (χ2n) is 5.45. The molecule has 4 nitrogen and oxygen atoms in total. The molecule has 5 heteroatoms. The van der Waals surface area contributed by atoms with Crippen LogP contribution >= 0.6 is 11.6 Å². The molecule has 1 aromatic rings. The summed E-state index contributed by atoms with van der Waals surface area (Å²) in [6.07, 6.45) is 1.50. The van der Waals surface area contributed by atoms with Gasteiger partial charge in [0.25, 0.3) is 5.91 Å². The standard InChI is InChI=1S/C15H18ClN3O/c1-10(2)13-7-12(8-14(16)18-13)15(20)19-5-3-11(9-17)4-6-19/h7-8,10-11H,3-6H2,1-2H3. The number of pyridine rings is 1. The fourth-order valence-electron chi connectivity index (χ4n) is 2.33. The van der Waals surface area contributed by atoms with Gasteiger partial charge in [-0.25, -0.2) is 4.98 Å². The van der Waals surface area contributed by atoms with Gasteiger partial charge in [-0.05, 0) is 30.9 Å². The van der Waals surface area contributed by atoms with Gasteiger partial charge in [-0.1, -0.05) is 25.4 Å². The van der Waals surface area contributed by atoms with Gasteiger partial charge >= 0.3 is 0 Å². The van der Waals surface area contributed by atoms with Crippen LogP contribution in [0.2, 0.25) is 5.15 Å². The summed E-state index contributed by atoms with van der Waals surface area (Å²) in [5, 5.41) is 9.24. The molecule has 0 aromatic carbocycles. The van der Waals surface area contributed by atoms with Crippen molar-refractivity contribution in [3.05, 3.63) is 28.5 Å². The summed E-state index contributed by atoms with van der Waals surface area (Å²) in [5.74, 6) is 0.281. The first-order valence-electron chi connectivity index (χ1n) is 6.87. The van der Waals surface area contributed by atoms with E-state index in [0.717, 1.165) is 18.5 Å². The molecular formula is C15H18ClN3O. The fraction of sp³-hybridized carbons (Fsp3) is 0.533. The van der Waals surface area contributed by atoms with Gasteiger partial charge in [0.2, 0.25) is 0 Å². The molecular weight excluding hydrogens is 274 g/mol. The van der Waals surface area contributed by atoms with E-state index in [1.165, 1.54) is 0 Å². The highest BCUT2D eigenvalue weighted by Crippen LogP contribution is 2.22. The molecule has 1 saturated heterocycles. The van der Waals surface area contributed by atoms with Gasteiger partial charge in [-0.3, -0.25) is 4.79 Å². The van der Waals surface area contributed by atoms with Crippen molar-refractivity contribution in [2.24, 2.45) is 5.92 Å². The molecule has 1 amide bonds. The molecule has 1 aromatic heterocycles. The number of piperidine rings is 1. The molecule has 0 saturated carbocycles. The lowest BCUT2D eigenvalue weighted by atomic mass is 9.98. The molecule has 20 heavy (non-hydrogen) atoms. The van der Waals surface area contributed by atoms with Gasteiger partial charge in [0.15, 0.2) is 0 Å². The van der Waals surface area contributed by atoms with E-state index in [2.05, 4.69) is 11.1 Å². The number of carbonyl (C=O) groups excluding carboxylic acids is 1. The smallest absolute Gasteiger partial charge is 0.254 e. The molecule has 0 radical (unpaired) electrons. The maximum atomic E-state index is 12.5. The molecule has 0 bridgehead atoms. The van der Waals surface area contributed by atoms with Crippen LogP contribution in [-0.2, 0) is 0 Å². The van der Waals surface area contributed by atoms with E-state index in [9.17, 15) is 4.79 Å². The van der Waals surface area contributed by atoms with Crippen molar-refractivity contribution in [1.82, 2.24) is 9.88 Å². The summed E-state index contributed by atoms with van der Waals surface area (Å²) in [7, 11) is 0. The molecule has 0 aliphatic carbocycles. The molecule has 0 spiro atoms. The SMILES string of the molecule is CC(C)c1cc(C(=O)N2CCC(C#N)CC2)cc(Cl)n1. The van der Waals surface area contributed by atoms with Crippen molar-refractivity contribution < 1.29 is 4.79 Å². The Morgan fingerprint density at radius 1 is 1.45 bits per heavy atom. The van der Waals surface area contributed by atoms with E-state index in [0.29, 0.717) is 23.8 Å². The summed E-state index contributed by atoms with van der Waals surface area (Å²) in [6, 6.07) is 5.70. The van der Waals surface area contributed by atoms with Crippen LogP contribution in [0.15, 0.2) is 12.1 Å². The van der Waals surface area contributed by atoms with E-state index in [1.807, 2.05) is 19.9 Å². The maximum Gasteiger partial charge on any atom is 0.254 e. The third-order valence-electron chi connectivity index (χ3n) is 3.62. The first kappa shape index (κ1) is 14.8. The number of aromatic nitrogens is 1. The van der Waals surface area contributed by atoms with Crippen molar-refractivity contribution in [2.75, 3.05) is 13.1 Å². The average molecular weight is 292 g/mol. The molecule has 0 unspecified atom stereocenters. The predicted octanol–water partition coefficient (Wildman–Crippen LogP) is 3.23. The number of nitrogens with zero attached hydrogens (tertiary/aromatic N) is 3. The van der Waals surface area contributed by atoms with E-state index in [4.69, 9.17) is 16.9 Å². The Kier molecular flexibility index (Phi) is 4.61. The van der Waals surface area contributed by atoms with Crippen molar-refractivity contribution in [3.8, 4) is 6.07 Å². The molecule has 1 aliphatic rings. The number of carbonyl (C=O) groups is 1. The summed E-state index contributed by atoms with van der Waals surface area (Å²) in [4.78, 5) is 18.5. The largest absolute Gasteiger partial charge is 0.339 e. The van der Waals surface area contributed by atoms with Gasteiger partial charge in [0, 0.05) is 30.3 Å². The maximum absolute atomic E-state index is 12.5. The zero-order valence-corrected chi connectivity index (χ0v) is 12.5. The lowest BCUT2D eigenvalue weighted by molar-refractivity contribution is 0.0707. The third-order valence-corrected chi connectivity index (χ3v) is 3.81. The number of likely N-dealkylation sites (tertiary alicyclic amines) is 1. The van der Waals surface area contributed by atoms with Crippen LogP contribution in [0.4, 0.5) is 0 Å². The molecule has 2 rings (SSSR count). The molecule has 0 N–H and O–H groups in total. The summed E-state index contributed by atoms with van der Waals surface area (Å²) < 4.78 is 0. The quantitative estimate of drug-likeness (QED) is 0.786. The third kappa shape index (κ3) is 3.29. The van der Waals surface area contributed by atoms with Crippen LogP contribution in [0.3, 0.4) is 0 Å². The first-order valence-corrected chi connectivity index (χ1v) is 7.25. The molecule has 1 fully saturated rings. The van der Waals surface area contributed by atoms with Gasteiger partial charge in [-0.2, -0.15) is 5.26 Å². The lowest BCUT2D eigenvalue weighted by Gasteiger charge is -2.29. The second-order valence-corrected chi connectivity index (χ2v) is 5.84. The minimum absolute atomic E-state index is 0.0208. The number of nitriles is 1. The van der Waals surface area contributed by atoms with Crippen molar-refractivity contribution in [3.63, 3.8) is 0 Å². The Morgan fingerprint density at radius 2 is 2.10 bits per heavy atom. The number of hydrogen-bond donors (Lipinski definition) is 0. The van der Waals surface area contributed by atoms with Crippen molar-refractivity contribution in [1.29, 1.82) is 5.26 Å². The molecule has 106 valence electrons. The average Bonchev–Trinajstić information content (AvgIpc) is 2.46. The Morgan fingerprint density at radius 3 is 2.65 bits per heavy atom. The topological polar surface area (TPSA) is 57.0 Å². The van der Waals surface area contributed by atoms with Gasteiger partial charge in [0.05, 0.1) is 6.07 Å². The van der Waals surface area contributed by atoms with Gasteiger partial charge < -0.3 is 4.90 Å². The highest BCUT2D eigenvalue weighted by molar-refractivity contribution is 6.29. The minimum atomic E-state index is -0.0208. The fourth-order valence-corrected chi connectivity index (χ4v) is 2.55. The number of halogens is 1. The van der Waals surface area contributed by atoms with Crippen LogP contribution in [0.25, 0.3) is 0 Å². The molecule has 0 atom stereocenters. The van der Waals surface area contributed by atoms with Crippen LogP contribution in [-0.4, -0.2) is 28.9 Å². The van der Waals surface area contributed by atoms with E-state index in [-0.39, 0.29) is 17.7 Å². The zero-order chi connectivity index (χ0) is 14.7. The van der Waals surface area contributed by atoms with E-state index >= 15 is 0 Å². The van der Waals surface area contributed by atoms with Crippen molar-refractivity contribution >= 4 is 17.5 Å². The summed E-state index contributed by atoms with van der Waals surface area (Å²) in [5.41, 5.74) is 1.41. The number of amides is 1. The van der Waals surface area contributed by atoms with Crippen LogP contribution in [0.5, 0.6) is 0 Å². The summed E-state index contributed by atoms with van der Waals surface area (Å²) in [6.45, 7) is 5.30. The molecule has 1 aliphatic heterocycles. The highest BCUT2D eigenvalue weighted by Gasteiger charge is 2.24. The summed E-state index contributed by atoms with van der Waals surface area (Å²) >= 11 is 6.00. The normalized spacial score (nSPS) is 16.2. The Balaban J connectivity index is 2.16. The van der Waals surface area contributed by atoms with E-state index < -0.39 is 0 Å². The minimum Gasteiger partial charge on any atom is -0.339 e. The number of rotatable bonds is 2. The second kappa shape index (κ2) is 6.23. The first-order chi connectivity index (χ1) is 9.51. The van der Waals surface area contributed by atoms with Crippen LogP contribution < -0.4 is 0 Å². The lowest BCUT2D eigenvalue weighted by Crippen LogP contribution is -2.38. The Hall–Kier alpha value is -1.60. The Bertz CT molecular complexity index is 543. The Labute approximate surface area is 124 Å². The monoisotopic (exact) mass is 291 g/mol. The number of hydrogen-bond acceptors (Lipinski definition) is 3. The van der Waals surface area contributed by atoms with E-state index in [1.54, 1.807) is 11.0 Å². The van der Waals surface area contributed by atoms with Gasteiger partial charge in [0.1, 0.15) is 5.15 Å². The zero-order valence-electron chi connectivity index (χ0n) is 11.8. The van der Waals surface area contributed by atoms with Gasteiger partial charge in [-0.15, -0.1) is 0 Å². The predicted molar refractivity (Wildman–Crippen MR) is 77.6 cm³/mol. The molecule has 2 heterocycles. The highest BCUT2D eigenvalue weighted by atomic mass is 35.5. The van der Waals surface area contributed by atoms with Crippen LogP contribution in [0, 0.1) is 17.2 Å². The van der Waals surface area contributed by atoms with Crippen molar-refractivity contribution in [2.45, 2.75) is 32.6 Å². The van der Waals surface area contributed by atoms with Crippen LogP contribution in [0.1, 0.15) is 48.7 Å².